The molecule has 0 unspecified atom stereocenters. The van der Waals surface area contributed by atoms with Gasteiger partial charge in [-0.1, -0.05) is 0 Å². The Balaban J connectivity index is 2.52. The molecule has 5 heteroatoms. The van der Waals surface area contributed by atoms with Crippen LogP contribution in [0.5, 0.6) is 0 Å². The Morgan fingerprint density at radius 1 is 1.57 bits per heavy atom. The highest BCUT2D eigenvalue weighted by Gasteiger charge is 2.27. The third kappa shape index (κ3) is 3.08. The molecule has 0 bridgehead atoms. The van der Waals surface area contributed by atoms with Gasteiger partial charge in [-0.2, -0.15) is 0 Å². The number of aliphatic hydroxyl groups is 1. The summed E-state index contributed by atoms with van der Waals surface area (Å²) in [5, 5.41) is 19.7. The first-order chi connectivity index (χ1) is 6.63. The largest absolute Gasteiger partial charge is 0.393 e. The number of hydrogen-bond acceptors (Lipinski definition) is 4. The molecule has 0 radical (unpaired) electrons. The van der Waals surface area contributed by atoms with Gasteiger partial charge in [0, 0.05) is 13.0 Å². The van der Waals surface area contributed by atoms with Crippen LogP contribution in [0.1, 0.15) is 19.3 Å². The summed E-state index contributed by atoms with van der Waals surface area (Å²) < 4.78 is 5.16. The van der Waals surface area contributed by atoms with Crippen LogP contribution in [0.2, 0.25) is 0 Å². The molecule has 1 rings (SSSR count). The van der Waals surface area contributed by atoms with Crippen molar-refractivity contribution in [2.75, 3.05) is 7.11 Å². The van der Waals surface area contributed by atoms with Crippen LogP contribution in [0, 0.1) is 16.0 Å². The minimum Gasteiger partial charge on any atom is -0.393 e. The molecule has 0 aromatic heterocycles. The first-order valence-electron chi connectivity index (χ1n) is 4.66. The van der Waals surface area contributed by atoms with Crippen molar-refractivity contribution in [3.63, 3.8) is 0 Å². The summed E-state index contributed by atoms with van der Waals surface area (Å²) in [4.78, 5) is 9.59. The normalized spacial score (nSPS) is 33.4. The highest BCUT2D eigenvalue weighted by atomic mass is 16.6. The van der Waals surface area contributed by atoms with Gasteiger partial charge in [-0.05, 0) is 25.3 Å². The topological polar surface area (TPSA) is 72.6 Å². The average Bonchev–Trinajstić information content (AvgIpc) is 2.16. The number of nitrogens with zero attached hydrogens (tertiary/aromatic N) is 1. The number of ether oxygens (including phenoxy) is 1. The van der Waals surface area contributed by atoms with E-state index in [-0.39, 0.29) is 12.0 Å². The second kappa shape index (κ2) is 5.07. The molecule has 3 atom stereocenters. The fraction of sp³-hybridized carbons (Fsp3) is 0.778. The number of rotatable bonds is 3. The summed E-state index contributed by atoms with van der Waals surface area (Å²) >= 11 is 0. The van der Waals surface area contributed by atoms with Gasteiger partial charge in [0.25, 0.3) is 0 Å². The number of nitro groups is 1. The smallest absolute Gasteiger partial charge is 0.230 e. The molecule has 0 aromatic carbocycles. The summed E-state index contributed by atoms with van der Waals surface area (Å²) in [7, 11) is 1.62. The molecule has 1 fully saturated rings. The van der Waals surface area contributed by atoms with Crippen molar-refractivity contribution in [1.29, 1.82) is 0 Å². The summed E-state index contributed by atoms with van der Waals surface area (Å²) in [6, 6.07) is 0. The molecular weight excluding hydrogens is 186 g/mol. The zero-order valence-corrected chi connectivity index (χ0v) is 8.13. The quantitative estimate of drug-likeness (QED) is 0.545. The van der Waals surface area contributed by atoms with Crippen molar-refractivity contribution < 1.29 is 14.8 Å². The molecular formula is C9H15NO4. The Morgan fingerprint density at radius 2 is 2.29 bits per heavy atom. The van der Waals surface area contributed by atoms with Crippen molar-refractivity contribution >= 4 is 0 Å². The van der Waals surface area contributed by atoms with Crippen LogP contribution in [0.15, 0.2) is 12.3 Å². The van der Waals surface area contributed by atoms with E-state index >= 15 is 0 Å². The van der Waals surface area contributed by atoms with Crippen LogP contribution in [-0.2, 0) is 4.74 Å². The van der Waals surface area contributed by atoms with E-state index in [1.807, 2.05) is 0 Å². The Labute approximate surface area is 82.5 Å². The lowest BCUT2D eigenvalue weighted by Crippen LogP contribution is -2.31. The number of hydrogen-bond donors (Lipinski definition) is 1. The van der Waals surface area contributed by atoms with Gasteiger partial charge >= 0.3 is 0 Å². The SMILES string of the molecule is CO[C@@H]1CC[C@H](O)[C@H](/C=C/[N+](=O)[O-])C1. The Morgan fingerprint density at radius 3 is 2.86 bits per heavy atom. The fourth-order valence-electron chi connectivity index (χ4n) is 1.75. The summed E-state index contributed by atoms with van der Waals surface area (Å²) in [6.45, 7) is 0. The van der Waals surface area contributed by atoms with Gasteiger partial charge < -0.3 is 9.84 Å². The van der Waals surface area contributed by atoms with E-state index in [9.17, 15) is 15.2 Å². The molecule has 0 aromatic rings. The molecule has 0 amide bonds. The summed E-state index contributed by atoms with van der Waals surface area (Å²) in [6.07, 6.45) is 4.10. The fourth-order valence-corrected chi connectivity index (χ4v) is 1.75. The van der Waals surface area contributed by atoms with Gasteiger partial charge in [0.2, 0.25) is 6.20 Å². The Bertz CT molecular complexity index is 229. The molecule has 14 heavy (non-hydrogen) atoms. The van der Waals surface area contributed by atoms with Gasteiger partial charge in [-0.25, -0.2) is 0 Å². The van der Waals surface area contributed by atoms with Crippen molar-refractivity contribution in [3.05, 3.63) is 22.4 Å². The van der Waals surface area contributed by atoms with E-state index in [1.165, 1.54) is 6.08 Å². The lowest BCUT2D eigenvalue weighted by molar-refractivity contribution is -0.403. The highest BCUT2D eigenvalue weighted by molar-refractivity contribution is 4.92. The van der Waals surface area contributed by atoms with Gasteiger partial charge in [-0.3, -0.25) is 10.1 Å². The van der Waals surface area contributed by atoms with E-state index < -0.39 is 11.0 Å². The molecule has 1 aliphatic carbocycles. The average molecular weight is 201 g/mol. The predicted molar refractivity (Wildman–Crippen MR) is 50.3 cm³/mol. The first kappa shape index (κ1) is 11.1. The summed E-state index contributed by atoms with van der Waals surface area (Å²) in [5.74, 6) is -0.154. The van der Waals surface area contributed by atoms with E-state index in [2.05, 4.69) is 0 Å². The van der Waals surface area contributed by atoms with E-state index in [0.29, 0.717) is 12.8 Å². The summed E-state index contributed by atoms with van der Waals surface area (Å²) in [5.41, 5.74) is 0. The second-order valence-corrected chi connectivity index (χ2v) is 3.53. The van der Waals surface area contributed by atoms with Crippen LogP contribution in [0.3, 0.4) is 0 Å². The maximum Gasteiger partial charge on any atom is 0.230 e. The molecule has 0 aliphatic heterocycles. The zero-order chi connectivity index (χ0) is 10.6. The molecule has 80 valence electrons. The van der Waals surface area contributed by atoms with Crippen LogP contribution in [-0.4, -0.2) is 29.3 Å². The van der Waals surface area contributed by atoms with Crippen LogP contribution in [0.4, 0.5) is 0 Å². The van der Waals surface area contributed by atoms with Crippen LogP contribution in [0.25, 0.3) is 0 Å². The second-order valence-electron chi connectivity index (χ2n) is 3.53. The van der Waals surface area contributed by atoms with Crippen molar-refractivity contribution in [3.8, 4) is 0 Å². The number of aliphatic hydroxyl groups excluding tert-OH is 1. The molecule has 0 heterocycles. The lowest BCUT2D eigenvalue weighted by Gasteiger charge is -2.30. The van der Waals surface area contributed by atoms with E-state index in [0.717, 1.165) is 12.6 Å². The third-order valence-corrected chi connectivity index (χ3v) is 2.60. The molecule has 5 nitrogen and oxygen atoms in total. The van der Waals surface area contributed by atoms with Gasteiger partial charge in [-0.15, -0.1) is 0 Å². The molecule has 0 spiro atoms. The van der Waals surface area contributed by atoms with Crippen molar-refractivity contribution in [2.24, 2.45) is 5.92 Å². The van der Waals surface area contributed by atoms with Gasteiger partial charge in [0.1, 0.15) is 0 Å². The predicted octanol–water partition coefficient (Wildman–Crippen LogP) is 0.953. The first-order valence-corrected chi connectivity index (χ1v) is 4.66. The van der Waals surface area contributed by atoms with E-state index in [1.54, 1.807) is 7.11 Å². The maximum atomic E-state index is 10.1. The lowest BCUT2D eigenvalue weighted by atomic mass is 9.84. The van der Waals surface area contributed by atoms with E-state index in [4.69, 9.17) is 4.74 Å². The van der Waals surface area contributed by atoms with Crippen LogP contribution < -0.4 is 0 Å². The number of methoxy groups -OCH3 is 1. The van der Waals surface area contributed by atoms with Crippen LogP contribution >= 0.6 is 0 Å². The van der Waals surface area contributed by atoms with Gasteiger partial charge in [0.05, 0.1) is 17.1 Å². The maximum absolute atomic E-state index is 10.1. The minimum atomic E-state index is -0.511. The molecule has 0 saturated heterocycles. The third-order valence-electron chi connectivity index (χ3n) is 2.60. The zero-order valence-electron chi connectivity index (χ0n) is 8.13. The Kier molecular flexibility index (Phi) is 4.03. The standard InChI is InChI=1S/C9H15NO4/c1-14-8-2-3-9(11)7(6-8)4-5-10(12)13/h4-5,7-9,11H,2-3,6H2,1H3/b5-4+/t7-,8-,9+/m1/s1. The highest BCUT2D eigenvalue weighted by Crippen LogP contribution is 2.27. The van der Waals surface area contributed by atoms with Gasteiger partial charge in [0.15, 0.2) is 0 Å². The van der Waals surface area contributed by atoms with Crippen molar-refractivity contribution in [2.45, 2.75) is 31.5 Å². The van der Waals surface area contributed by atoms with Crippen molar-refractivity contribution in [1.82, 2.24) is 0 Å². The minimum absolute atomic E-state index is 0.111. The molecule has 1 saturated carbocycles. The molecule has 1 aliphatic rings. The monoisotopic (exact) mass is 201 g/mol. The Hall–Kier alpha value is -0.940. The molecule has 1 N–H and O–H groups in total.